The third-order valence-electron chi connectivity index (χ3n) is 5.88. The molecule has 2 heterocycles. The second kappa shape index (κ2) is 6.79. The van der Waals surface area contributed by atoms with Crippen LogP contribution in [0.3, 0.4) is 0 Å². The van der Waals surface area contributed by atoms with Crippen molar-refractivity contribution in [3.05, 3.63) is 87.8 Å². The summed E-state index contributed by atoms with van der Waals surface area (Å²) in [5.41, 5.74) is 5.42. The number of H-pyrrole nitrogens is 1. The van der Waals surface area contributed by atoms with Gasteiger partial charge in [-0.3, -0.25) is 4.79 Å². The van der Waals surface area contributed by atoms with Crippen LogP contribution in [0.5, 0.6) is 0 Å². The summed E-state index contributed by atoms with van der Waals surface area (Å²) in [6, 6.07) is 20.5. The largest absolute Gasteiger partial charge is 0.322 e. The van der Waals surface area contributed by atoms with Crippen molar-refractivity contribution < 1.29 is 0 Å². The quantitative estimate of drug-likeness (QED) is 0.559. The lowest BCUT2D eigenvalue weighted by atomic mass is 9.96. The number of aromatic nitrogens is 3. The average Bonchev–Trinajstić information content (AvgIpc) is 3.09. The summed E-state index contributed by atoms with van der Waals surface area (Å²) < 4.78 is 2.31. The topological polar surface area (TPSA) is 50.7 Å². The molecule has 4 nitrogen and oxygen atoms in total. The summed E-state index contributed by atoms with van der Waals surface area (Å²) in [7, 11) is 0. The van der Waals surface area contributed by atoms with Crippen molar-refractivity contribution >= 4 is 11.0 Å². The molecular formula is C24H23N3O. The number of aryl methyl sites for hydroxylation is 1. The Bertz CT molecular complexity index is 1190. The first kappa shape index (κ1) is 17.0. The lowest BCUT2D eigenvalue weighted by molar-refractivity contribution is 0.581. The fourth-order valence-electron chi connectivity index (χ4n) is 4.49. The summed E-state index contributed by atoms with van der Waals surface area (Å²) >= 11 is 0. The number of nitrogens with one attached hydrogen (secondary N) is 1. The predicted octanol–water partition coefficient (Wildman–Crippen LogP) is 4.88. The Morgan fingerprint density at radius 2 is 1.64 bits per heavy atom. The highest BCUT2D eigenvalue weighted by Gasteiger charge is 2.26. The van der Waals surface area contributed by atoms with Crippen molar-refractivity contribution in [2.24, 2.45) is 0 Å². The number of hydrogen-bond acceptors (Lipinski definition) is 2. The van der Waals surface area contributed by atoms with Gasteiger partial charge in [0.25, 0.3) is 5.56 Å². The van der Waals surface area contributed by atoms with E-state index in [2.05, 4.69) is 40.7 Å². The van der Waals surface area contributed by atoms with E-state index < -0.39 is 0 Å². The van der Waals surface area contributed by atoms with E-state index >= 15 is 0 Å². The van der Waals surface area contributed by atoms with Gasteiger partial charge >= 0.3 is 0 Å². The van der Waals surface area contributed by atoms with E-state index in [1.807, 2.05) is 36.4 Å². The molecule has 0 unspecified atom stereocenters. The molecule has 1 aliphatic rings. The first-order chi connectivity index (χ1) is 13.7. The van der Waals surface area contributed by atoms with Crippen molar-refractivity contribution in [2.45, 2.75) is 38.6 Å². The number of hydrogen-bond donors (Lipinski definition) is 1. The highest BCUT2D eigenvalue weighted by Crippen LogP contribution is 2.34. The Balaban J connectivity index is 1.80. The van der Waals surface area contributed by atoms with Crippen molar-refractivity contribution in [1.29, 1.82) is 0 Å². The summed E-state index contributed by atoms with van der Waals surface area (Å²) in [6.07, 6.45) is 4.25. The molecule has 2 aromatic carbocycles. The zero-order valence-corrected chi connectivity index (χ0v) is 16.0. The third-order valence-corrected chi connectivity index (χ3v) is 5.88. The van der Waals surface area contributed by atoms with Gasteiger partial charge in [0, 0.05) is 11.3 Å². The first-order valence-corrected chi connectivity index (χ1v) is 10.0. The molecule has 5 rings (SSSR count). The van der Waals surface area contributed by atoms with Gasteiger partial charge in [0.1, 0.15) is 11.5 Å². The predicted molar refractivity (Wildman–Crippen MR) is 113 cm³/mol. The maximum absolute atomic E-state index is 13.1. The van der Waals surface area contributed by atoms with E-state index in [1.165, 1.54) is 16.8 Å². The minimum atomic E-state index is -0.0268. The molecule has 1 atom stereocenters. The van der Waals surface area contributed by atoms with Gasteiger partial charge < -0.3 is 9.55 Å². The molecule has 1 N–H and O–H groups in total. The van der Waals surface area contributed by atoms with Crippen LogP contribution in [0.4, 0.5) is 0 Å². The summed E-state index contributed by atoms with van der Waals surface area (Å²) in [5, 5.41) is 0.775. The molecule has 1 aliphatic carbocycles. The van der Waals surface area contributed by atoms with E-state index in [0.717, 1.165) is 42.3 Å². The number of fused-ring (bicyclic) bond motifs is 3. The second-order valence-corrected chi connectivity index (χ2v) is 7.57. The zero-order chi connectivity index (χ0) is 19.1. The van der Waals surface area contributed by atoms with E-state index in [0.29, 0.717) is 5.82 Å². The van der Waals surface area contributed by atoms with Crippen molar-refractivity contribution in [1.82, 2.24) is 14.5 Å². The molecule has 28 heavy (non-hydrogen) atoms. The van der Waals surface area contributed by atoms with Crippen molar-refractivity contribution in [2.75, 3.05) is 0 Å². The summed E-state index contributed by atoms with van der Waals surface area (Å²) in [5.74, 6) is 0.634. The standard InChI is InChI=1S/C24H23N3O/c1-16(17-10-4-2-5-11-17)27-20-15-9-8-14-19(20)21-23(27)25-22(26-24(21)28)18-12-6-3-7-13-18/h2-7,10-13,16H,8-9,14-15H2,1H3,(H,25,26,28)/t16-/m0/s1. The van der Waals surface area contributed by atoms with Gasteiger partial charge in [0.15, 0.2) is 0 Å². The van der Waals surface area contributed by atoms with Crippen LogP contribution in [0.15, 0.2) is 65.5 Å². The van der Waals surface area contributed by atoms with Crippen LogP contribution in [0, 0.1) is 0 Å². The Kier molecular flexibility index (Phi) is 4.12. The summed E-state index contributed by atoms with van der Waals surface area (Å²) in [4.78, 5) is 21.1. The molecule has 4 heteroatoms. The molecule has 0 saturated carbocycles. The maximum atomic E-state index is 13.1. The first-order valence-electron chi connectivity index (χ1n) is 10.0. The van der Waals surface area contributed by atoms with Crippen molar-refractivity contribution in [3.8, 4) is 11.4 Å². The molecule has 4 aromatic rings. The molecule has 0 saturated heterocycles. The van der Waals surface area contributed by atoms with Gasteiger partial charge in [-0.05, 0) is 43.7 Å². The van der Waals surface area contributed by atoms with Crippen LogP contribution >= 0.6 is 0 Å². The average molecular weight is 369 g/mol. The molecule has 2 aromatic heterocycles. The Labute approximate surface area is 163 Å². The molecule has 0 bridgehead atoms. The van der Waals surface area contributed by atoms with E-state index in [1.54, 1.807) is 0 Å². The van der Waals surface area contributed by atoms with Gasteiger partial charge in [-0.15, -0.1) is 0 Å². The normalized spacial score (nSPS) is 14.8. The van der Waals surface area contributed by atoms with E-state index in [4.69, 9.17) is 4.98 Å². The van der Waals surface area contributed by atoms with Gasteiger partial charge in [-0.2, -0.15) is 0 Å². The molecule has 0 aliphatic heterocycles. The Hall–Kier alpha value is -3.14. The minimum Gasteiger partial charge on any atom is -0.322 e. The van der Waals surface area contributed by atoms with Crippen LogP contribution in [-0.2, 0) is 12.8 Å². The van der Waals surface area contributed by atoms with Gasteiger partial charge in [-0.25, -0.2) is 4.98 Å². The SMILES string of the molecule is C[C@@H](c1ccccc1)n1c2c(c3c(=O)[nH]c(-c4ccccc4)nc31)CCCC2. The van der Waals surface area contributed by atoms with Gasteiger partial charge in [0.2, 0.25) is 0 Å². The molecule has 0 amide bonds. The number of aromatic amines is 1. The molecule has 0 fully saturated rings. The van der Waals surface area contributed by atoms with Gasteiger partial charge in [0.05, 0.1) is 11.4 Å². The Morgan fingerprint density at radius 3 is 2.39 bits per heavy atom. The monoisotopic (exact) mass is 369 g/mol. The fraction of sp³-hybridized carbons (Fsp3) is 0.250. The van der Waals surface area contributed by atoms with Crippen LogP contribution < -0.4 is 5.56 Å². The number of rotatable bonds is 3. The Morgan fingerprint density at radius 1 is 0.964 bits per heavy atom. The van der Waals surface area contributed by atoms with E-state index in [9.17, 15) is 4.79 Å². The molecule has 0 radical (unpaired) electrons. The highest BCUT2D eigenvalue weighted by molar-refractivity contribution is 5.83. The summed E-state index contributed by atoms with van der Waals surface area (Å²) in [6.45, 7) is 2.20. The lowest BCUT2D eigenvalue weighted by Gasteiger charge is -2.21. The third kappa shape index (κ3) is 2.68. The molecule has 140 valence electrons. The number of nitrogens with zero attached hydrogens (tertiary/aromatic N) is 2. The van der Waals surface area contributed by atoms with Crippen LogP contribution in [-0.4, -0.2) is 14.5 Å². The lowest BCUT2D eigenvalue weighted by Crippen LogP contribution is -2.14. The highest BCUT2D eigenvalue weighted by atomic mass is 16.1. The van der Waals surface area contributed by atoms with Crippen LogP contribution in [0.25, 0.3) is 22.4 Å². The smallest absolute Gasteiger partial charge is 0.260 e. The minimum absolute atomic E-state index is 0.0268. The van der Waals surface area contributed by atoms with Crippen LogP contribution in [0.1, 0.15) is 42.6 Å². The van der Waals surface area contributed by atoms with E-state index in [-0.39, 0.29) is 11.6 Å². The fourth-order valence-corrected chi connectivity index (χ4v) is 4.49. The zero-order valence-electron chi connectivity index (χ0n) is 16.0. The van der Waals surface area contributed by atoms with Crippen LogP contribution in [0.2, 0.25) is 0 Å². The maximum Gasteiger partial charge on any atom is 0.260 e. The van der Waals surface area contributed by atoms with Crippen molar-refractivity contribution in [3.63, 3.8) is 0 Å². The second-order valence-electron chi connectivity index (χ2n) is 7.57. The molecular weight excluding hydrogens is 346 g/mol. The van der Waals surface area contributed by atoms with Gasteiger partial charge in [-0.1, -0.05) is 60.7 Å². The molecule has 0 spiro atoms. The number of benzene rings is 2.